The maximum absolute atomic E-state index is 12.1. The first kappa shape index (κ1) is 18.9. The van der Waals surface area contributed by atoms with Gasteiger partial charge in [-0.25, -0.2) is 0 Å². The Bertz CT molecular complexity index is 291. The van der Waals surface area contributed by atoms with Crippen molar-refractivity contribution in [3.8, 4) is 0 Å². The van der Waals surface area contributed by atoms with Gasteiger partial charge < -0.3 is 9.47 Å². The molecule has 0 saturated heterocycles. The molecule has 0 aromatic heterocycles. The summed E-state index contributed by atoms with van der Waals surface area (Å²) >= 11 is 0. The first-order valence-electron chi connectivity index (χ1n) is 7.68. The fourth-order valence-electron chi connectivity index (χ4n) is 1.93. The summed E-state index contributed by atoms with van der Waals surface area (Å²) in [5.74, 6) is -0.639. The maximum Gasteiger partial charge on any atom is 0.309 e. The summed E-state index contributed by atoms with van der Waals surface area (Å²) in [6, 6.07) is 0. The number of carbonyl (C=O) groups excluding carboxylic acids is 2. The number of esters is 2. The molecule has 0 saturated carbocycles. The molecule has 0 spiro atoms. The minimum atomic E-state index is -0.482. The van der Waals surface area contributed by atoms with Gasteiger partial charge in [0.1, 0.15) is 5.60 Å². The van der Waals surface area contributed by atoms with E-state index < -0.39 is 5.60 Å². The molecule has 0 aliphatic rings. The Morgan fingerprint density at radius 1 is 1.05 bits per heavy atom. The zero-order valence-corrected chi connectivity index (χ0v) is 13.7. The minimum Gasteiger partial charge on any atom is -0.466 e. The molecule has 20 heavy (non-hydrogen) atoms. The largest absolute Gasteiger partial charge is 0.466 e. The van der Waals surface area contributed by atoms with Crippen molar-refractivity contribution in [1.29, 1.82) is 0 Å². The summed E-state index contributed by atoms with van der Waals surface area (Å²) in [7, 11) is 0. The van der Waals surface area contributed by atoms with Crippen molar-refractivity contribution in [2.24, 2.45) is 5.92 Å². The summed E-state index contributed by atoms with van der Waals surface area (Å²) in [5, 5.41) is 0. The number of ether oxygens (including phenoxy) is 2. The molecule has 0 heterocycles. The minimum absolute atomic E-state index is 0.196. The summed E-state index contributed by atoms with van der Waals surface area (Å²) in [5.41, 5.74) is -0.482. The molecule has 0 N–H and O–H groups in total. The van der Waals surface area contributed by atoms with Crippen molar-refractivity contribution in [2.75, 3.05) is 6.61 Å². The molecule has 0 aromatic rings. The summed E-state index contributed by atoms with van der Waals surface area (Å²) < 4.78 is 10.3. The predicted octanol–water partition coefficient (Wildman–Crippen LogP) is 3.87. The molecular weight excluding hydrogens is 256 g/mol. The molecule has 0 amide bonds. The second-order valence-electron chi connectivity index (χ2n) is 6.07. The summed E-state index contributed by atoms with van der Waals surface area (Å²) in [4.78, 5) is 23.6. The Morgan fingerprint density at radius 3 is 2.20 bits per heavy atom. The van der Waals surface area contributed by atoms with Crippen LogP contribution in [0, 0.1) is 5.92 Å². The van der Waals surface area contributed by atoms with E-state index in [4.69, 9.17) is 9.47 Å². The molecular formula is C16H30O4. The first-order chi connectivity index (χ1) is 9.30. The highest BCUT2D eigenvalue weighted by atomic mass is 16.6. The number of rotatable bonds is 9. The Hall–Kier alpha value is -1.06. The van der Waals surface area contributed by atoms with Crippen LogP contribution in [-0.4, -0.2) is 24.1 Å². The van der Waals surface area contributed by atoms with Crippen LogP contribution in [0.4, 0.5) is 0 Å². The third-order valence-electron chi connectivity index (χ3n) is 2.90. The van der Waals surface area contributed by atoms with Crippen molar-refractivity contribution in [3.63, 3.8) is 0 Å². The van der Waals surface area contributed by atoms with Crippen molar-refractivity contribution >= 4 is 11.9 Å². The fourth-order valence-corrected chi connectivity index (χ4v) is 1.93. The molecule has 1 unspecified atom stereocenters. The van der Waals surface area contributed by atoms with Crippen LogP contribution in [0.15, 0.2) is 0 Å². The maximum atomic E-state index is 12.1. The number of hydrogen-bond donors (Lipinski definition) is 0. The zero-order valence-electron chi connectivity index (χ0n) is 13.7. The monoisotopic (exact) mass is 286 g/mol. The molecule has 4 nitrogen and oxygen atoms in total. The van der Waals surface area contributed by atoms with Gasteiger partial charge in [-0.2, -0.15) is 0 Å². The van der Waals surface area contributed by atoms with Gasteiger partial charge in [0, 0.05) is 6.42 Å². The number of hydrogen-bond acceptors (Lipinski definition) is 4. The highest BCUT2D eigenvalue weighted by Crippen LogP contribution is 2.21. The van der Waals surface area contributed by atoms with Gasteiger partial charge in [0.05, 0.1) is 12.5 Å². The Kier molecular flexibility index (Phi) is 9.26. The van der Waals surface area contributed by atoms with Crippen LogP contribution in [-0.2, 0) is 19.1 Å². The van der Waals surface area contributed by atoms with Gasteiger partial charge in [0.2, 0.25) is 0 Å². The highest BCUT2D eigenvalue weighted by Gasteiger charge is 2.25. The summed E-state index contributed by atoms with van der Waals surface area (Å²) in [6.45, 7) is 9.87. The van der Waals surface area contributed by atoms with E-state index in [1.807, 2.05) is 20.8 Å². The lowest BCUT2D eigenvalue weighted by Crippen LogP contribution is -2.29. The average molecular weight is 286 g/mol. The van der Waals surface area contributed by atoms with Crippen molar-refractivity contribution in [3.05, 3.63) is 0 Å². The lowest BCUT2D eigenvalue weighted by molar-refractivity contribution is -0.160. The average Bonchev–Trinajstić information content (AvgIpc) is 2.31. The molecule has 0 aliphatic heterocycles. The molecule has 0 radical (unpaired) electrons. The van der Waals surface area contributed by atoms with Gasteiger partial charge in [0.25, 0.3) is 0 Å². The third kappa shape index (κ3) is 9.82. The first-order valence-corrected chi connectivity index (χ1v) is 7.68. The Labute approximate surface area is 123 Å². The van der Waals surface area contributed by atoms with Crippen molar-refractivity contribution in [1.82, 2.24) is 0 Å². The lowest BCUT2D eigenvalue weighted by atomic mass is 9.96. The van der Waals surface area contributed by atoms with Crippen LogP contribution >= 0.6 is 0 Å². The molecule has 0 bridgehead atoms. The van der Waals surface area contributed by atoms with Crippen molar-refractivity contribution in [2.45, 2.75) is 78.7 Å². The standard InChI is InChI=1S/C16H30O4/c1-6-8-9-10-13(11-12-14(17)19-7-2)15(18)20-16(3,4)5/h13H,6-12H2,1-5H3. The normalized spacial score (nSPS) is 12.8. The highest BCUT2D eigenvalue weighted by molar-refractivity contribution is 5.74. The second kappa shape index (κ2) is 9.78. The van der Waals surface area contributed by atoms with Gasteiger partial charge in [-0.1, -0.05) is 26.2 Å². The molecule has 0 aliphatic carbocycles. The number of unbranched alkanes of at least 4 members (excludes halogenated alkanes) is 2. The van der Waals surface area contributed by atoms with Gasteiger partial charge in [0.15, 0.2) is 0 Å². The molecule has 0 rings (SSSR count). The van der Waals surface area contributed by atoms with E-state index in [2.05, 4.69) is 6.92 Å². The Morgan fingerprint density at radius 2 is 1.70 bits per heavy atom. The van der Waals surface area contributed by atoms with E-state index in [0.717, 1.165) is 25.7 Å². The van der Waals surface area contributed by atoms with Gasteiger partial charge >= 0.3 is 11.9 Å². The van der Waals surface area contributed by atoms with Crippen LogP contribution < -0.4 is 0 Å². The second-order valence-corrected chi connectivity index (χ2v) is 6.07. The summed E-state index contributed by atoms with van der Waals surface area (Å²) in [6.07, 6.45) is 4.77. The van der Waals surface area contributed by atoms with Crippen molar-refractivity contribution < 1.29 is 19.1 Å². The molecule has 118 valence electrons. The van der Waals surface area contributed by atoms with Crippen LogP contribution in [0.1, 0.15) is 73.1 Å². The van der Waals surface area contributed by atoms with E-state index in [0.29, 0.717) is 13.0 Å². The molecule has 0 fully saturated rings. The van der Waals surface area contributed by atoms with Crippen LogP contribution in [0.25, 0.3) is 0 Å². The lowest BCUT2D eigenvalue weighted by Gasteiger charge is -2.24. The zero-order chi connectivity index (χ0) is 15.6. The molecule has 1 atom stereocenters. The third-order valence-corrected chi connectivity index (χ3v) is 2.90. The van der Waals surface area contributed by atoms with E-state index in [-0.39, 0.29) is 24.3 Å². The fraction of sp³-hybridized carbons (Fsp3) is 0.875. The topological polar surface area (TPSA) is 52.6 Å². The molecule has 4 heteroatoms. The van der Waals surface area contributed by atoms with Crippen LogP contribution in [0.2, 0.25) is 0 Å². The van der Waals surface area contributed by atoms with Gasteiger partial charge in [-0.05, 0) is 40.5 Å². The van der Waals surface area contributed by atoms with E-state index in [1.54, 1.807) is 6.92 Å². The Balaban J connectivity index is 4.39. The molecule has 0 aromatic carbocycles. The smallest absolute Gasteiger partial charge is 0.309 e. The number of carbonyl (C=O) groups is 2. The van der Waals surface area contributed by atoms with E-state index in [9.17, 15) is 9.59 Å². The quantitative estimate of drug-likeness (QED) is 0.477. The van der Waals surface area contributed by atoms with E-state index in [1.165, 1.54) is 0 Å². The SMILES string of the molecule is CCCCCC(CCC(=O)OCC)C(=O)OC(C)(C)C. The van der Waals surface area contributed by atoms with Gasteiger partial charge in [-0.15, -0.1) is 0 Å². The predicted molar refractivity (Wildman–Crippen MR) is 79.3 cm³/mol. The van der Waals surface area contributed by atoms with Crippen LogP contribution in [0.3, 0.4) is 0 Å². The van der Waals surface area contributed by atoms with E-state index >= 15 is 0 Å². The van der Waals surface area contributed by atoms with Crippen LogP contribution in [0.5, 0.6) is 0 Å². The van der Waals surface area contributed by atoms with Gasteiger partial charge in [-0.3, -0.25) is 9.59 Å².